The van der Waals surface area contributed by atoms with Gasteiger partial charge in [0.15, 0.2) is 15.8 Å². The second-order valence-corrected chi connectivity index (χ2v) is 20.1. The molecule has 51 heavy (non-hydrogen) atoms. The number of aliphatic hydroxyl groups excluding tert-OH is 1. The van der Waals surface area contributed by atoms with Crippen molar-refractivity contribution in [3.63, 3.8) is 0 Å². The van der Waals surface area contributed by atoms with Gasteiger partial charge in [-0.2, -0.15) is 0 Å². The van der Waals surface area contributed by atoms with E-state index in [1.54, 1.807) is 27.0 Å². The topological polar surface area (TPSA) is 152 Å². The lowest BCUT2D eigenvalue weighted by Crippen LogP contribution is -2.77. The molecular formula is C33H31FN6O7S4. The van der Waals surface area contributed by atoms with E-state index in [0.717, 1.165) is 27.2 Å². The average Bonchev–Trinajstić information content (AvgIpc) is 3.77. The Morgan fingerprint density at radius 3 is 2.20 bits per heavy atom. The fraction of sp³-hybridized carbons (Fsp3) is 0.485. The first kappa shape index (κ1) is 32.3. The molecule has 9 aliphatic heterocycles. The molecule has 5 amide bonds. The van der Waals surface area contributed by atoms with Crippen LogP contribution < -0.4 is 10.6 Å². The zero-order valence-corrected chi connectivity index (χ0v) is 31.0. The molecule has 0 saturated carbocycles. The normalized spacial score (nSPS) is 43.5. The van der Waals surface area contributed by atoms with Gasteiger partial charge in [-0.3, -0.25) is 24.1 Å². The molecule has 1 aliphatic carbocycles. The minimum Gasteiger partial charge on any atom is -0.441 e. The number of benzene rings is 2. The number of fused-ring (bicyclic) bond motifs is 11. The Kier molecular flexibility index (Phi) is 5.97. The van der Waals surface area contributed by atoms with E-state index in [2.05, 4.69) is 10.6 Å². The maximum absolute atomic E-state index is 15.9. The van der Waals surface area contributed by atoms with Gasteiger partial charge in [-0.05, 0) is 76.7 Å². The summed E-state index contributed by atoms with van der Waals surface area (Å²) in [5, 5.41) is 19.5. The van der Waals surface area contributed by atoms with Crippen molar-refractivity contribution < 1.29 is 38.2 Å². The van der Waals surface area contributed by atoms with Gasteiger partial charge in [0, 0.05) is 26.8 Å². The predicted octanol–water partition coefficient (Wildman–Crippen LogP) is 2.01. The van der Waals surface area contributed by atoms with Gasteiger partial charge in [-0.25, -0.2) is 9.18 Å². The summed E-state index contributed by atoms with van der Waals surface area (Å²) in [7, 11) is 9.01. The number of rotatable bonds is 2. The molecule has 8 fully saturated rings. The first-order valence-electron chi connectivity index (χ1n) is 16.4. The number of aliphatic hydroxyl groups is 1. The van der Waals surface area contributed by atoms with Crippen molar-refractivity contribution in [3.05, 3.63) is 65.0 Å². The highest BCUT2D eigenvalue weighted by atomic mass is 33.1. The zero-order valence-electron chi connectivity index (χ0n) is 27.8. The van der Waals surface area contributed by atoms with Gasteiger partial charge < -0.3 is 35.2 Å². The van der Waals surface area contributed by atoms with Crippen molar-refractivity contribution in [2.75, 3.05) is 26.5 Å². The number of ether oxygens (including phenoxy) is 1. The van der Waals surface area contributed by atoms with Crippen LogP contribution in [0.5, 0.6) is 0 Å². The lowest BCUT2D eigenvalue weighted by atomic mass is 9.51. The number of amides is 5. The van der Waals surface area contributed by atoms with Crippen LogP contribution in [0.4, 0.5) is 14.9 Å². The van der Waals surface area contributed by atoms with Crippen LogP contribution in [0.3, 0.4) is 0 Å². The van der Waals surface area contributed by atoms with Crippen LogP contribution in [0, 0.1) is 5.82 Å². The Morgan fingerprint density at radius 2 is 1.51 bits per heavy atom. The van der Waals surface area contributed by atoms with Crippen molar-refractivity contribution in [1.82, 2.24) is 24.9 Å². The Labute approximate surface area is 306 Å². The van der Waals surface area contributed by atoms with E-state index >= 15 is 4.39 Å². The molecule has 12 rings (SSSR count). The summed E-state index contributed by atoms with van der Waals surface area (Å²) in [4.78, 5) is 72.5. The Balaban J connectivity index is 1.39. The molecule has 0 aromatic heterocycles. The molecule has 10 atom stereocenters. The molecule has 9 heterocycles. The van der Waals surface area contributed by atoms with Crippen molar-refractivity contribution in [2.45, 2.75) is 75.0 Å². The second-order valence-electron chi connectivity index (χ2n) is 14.6. The number of carbonyl (C=O) groups excluding carboxylic acids is 5. The Bertz CT molecular complexity index is 2100. The first-order valence-corrected chi connectivity index (χ1v) is 20.7. The van der Waals surface area contributed by atoms with Gasteiger partial charge in [0.25, 0.3) is 23.6 Å². The fourth-order valence-corrected chi connectivity index (χ4v) is 17.7. The third-order valence-electron chi connectivity index (χ3n) is 12.9. The summed E-state index contributed by atoms with van der Waals surface area (Å²) < 4.78 is 22.3. The predicted molar refractivity (Wildman–Crippen MR) is 188 cm³/mol. The minimum atomic E-state index is -1.91. The number of piperazine rings is 2. The molecule has 13 nitrogen and oxygen atoms in total. The summed E-state index contributed by atoms with van der Waals surface area (Å²) in [5.41, 5.74) is -1.63. The van der Waals surface area contributed by atoms with E-state index in [1.807, 2.05) is 18.2 Å². The number of anilines is 1. The smallest absolute Gasteiger partial charge is 0.407 e. The van der Waals surface area contributed by atoms with Gasteiger partial charge in [0.2, 0.25) is 9.74 Å². The van der Waals surface area contributed by atoms with Gasteiger partial charge >= 0.3 is 6.09 Å². The number of nitrogens with zero attached hydrogens (tertiary/aromatic N) is 4. The summed E-state index contributed by atoms with van der Waals surface area (Å²) >= 11 is 0. The van der Waals surface area contributed by atoms with Crippen LogP contribution in [0.25, 0.3) is 0 Å². The van der Waals surface area contributed by atoms with E-state index < -0.39 is 84.4 Å². The van der Waals surface area contributed by atoms with Crippen molar-refractivity contribution >= 4 is 78.6 Å². The molecule has 10 aliphatic rings. The number of halogens is 1. The van der Waals surface area contributed by atoms with E-state index in [-0.39, 0.29) is 17.9 Å². The first-order chi connectivity index (χ1) is 24.2. The molecule has 0 unspecified atom stereocenters. The SMILES string of the molecule is CNC(=O)O[C@H]1[C@]2([C@@]34c5ccccc5C[C@@H]3N3C(=O)[C@]5(C)SS[C@]3(C(=O)N5C)[C@H]4O)c3cc(F)ccc3N[C@@H]2N2C(=O)[C@]3(C)SS[C@]12C(=O)N3C. The third-order valence-corrected chi connectivity index (χ3v) is 20.3. The number of likely N-dealkylation sites (N-methyl/N-ethyl adjacent to an activating group) is 2. The summed E-state index contributed by atoms with van der Waals surface area (Å²) in [6, 6.07) is 10.5. The summed E-state index contributed by atoms with van der Waals surface area (Å²) in [6.07, 6.45) is -5.23. The van der Waals surface area contributed by atoms with Gasteiger partial charge in [0.1, 0.15) is 18.1 Å². The van der Waals surface area contributed by atoms with Crippen molar-refractivity contribution in [3.8, 4) is 0 Å². The molecule has 3 N–H and O–H groups in total. The molecule has 266 valence electrons. The van der Waals surface area contributed by atoms with Gasteiger partial charge in [0.05, 0.1) is 16.9 Å². The van der Waals surface area contributed by atoms with Gasteiger partial charge in [-0.15, -0.1) is 0 Å². The standard InChI is InChI=1S/C33H31FN6O7S4/c1-28-23(42)39-19-12-14-8-6-7-9-16(14)30(19,20(41)32(39,50-48-28)25(44)37(28)4)31-17-13-15(34)10-11-18(17)36-22(31)40-24(43)29(2)38(5)26(45)33(40,51-49-29)21(31)47-27(46)35-3/h6-11,13,19-22,36,41H,12H2,1-5H3,(H,35,46)/t19-,20-,21-,22+,28-,29-,30-,31+,32-,33-/m0/s1. The van der Waals surface area contributed by atoms with E-state index in [9.17, 15) is 29.1 Å². The second kappa shape index (κ2) is 9.42. The van der Waals surface area contributed by atoms with Gasteiger partial charge in [-0.1, -0.05) is 45.9 Å². The quantitative estimate of drug-likeness (QED) is 0.384. The van der Waals surface area contributed by atoms with Crippen LogP contribution in [0.2, 0.25) is 0 Å². The van der Waals surface area contributed by atoms with E-state index in [1.165, 1.54) is 73.5 Å². The summed E-state index contributed by atoms with van der Waals surface area (Å²) in [5.74, 6) is -2.46. The summed E-state index contributed by atoms with van der Waals surface area (Å²) in [6.45, 7) is 3.33. The molecule has 4 bridgehead atoms. The van der Waals surface area contributed by atoms with Crippen LogP contribution in [-0.4, -0.2) is 119 Å². The third kappa shape index (κ3) is 2.95. The van der Waals surface area contributed by atoms with Crippen LogP contribution in [-0.2, 0) is 41.2 Å². The highest BCUT2D eigenvalue weighted by Gasteiger charge is 2.93. The monoisotopic (exact) mass is 770 g/mol. The molecule has 0 radical (unpaired) electrons. The number of nitrogens with one attached hydrogen (secondary N) is 2. The number of carbonyl (C=O) groups is 5. The molecule has 18 heteroatoms. The highest BCUT2D eigenvalue weighted by molar-refractivity contribution is 8.78. The van der Waals surface area contributed by atoms with E-state index in [0.29, 0.717) is 11.3 Å². The van der Waals surface area contributed by atoms with E-state index in [4.69, 9.17) is 4.74 Å². The fourth-order valence-electron chi connectivity index (χ4n) is 10.6. The number of hydrogen-bond donors (Lipinski definition) is 3. The van der Waals surface area contributed by atoms with Crippen molar-refractivity contribution in [2.24, 2.45) is 0 Å². The minimum absolute atomic E-state index is 0.194. The Morgan fingerprint density at radius 1 is 0.882 bits per heavy atom. The zero-order chi connectivity index (χ0) is 36.0. The maximum Gasteiger partial charge on any atom is 0.407 e. The average molecular weight is 771 g/mol. The lowest BCUT2D eigenvalue weighted by Gasteiger charge is -2.58. The molecule has 8 saturated heterocycles. The molecule has 2 aromatic carbocycles. The number of hydrogen-bond acceptors (Lipinski definition) is 12. The van der Waals surface area contributed by atoms with Crippen molar-refractivity contribution in [1.29, 1.82) is 0 Å². The van der Waals surface area contributed by atoms with Crippen LogP contribution in [0.1, 0.15) is 30.5 Å². The van der Waals surface area contributed by atoms with Crippen LogP contribution >= 0.6 is 43.2 Å². The number of alkyl carbamates (subject to hydrolysis) is 1. The molecule has 2 spiro atoms. The lowest BCUT2D eigenvalue weighted by molar-refractivity contribution is -0.166. The largest absolute Gasteiger partial charge is 0.441 e. The maximum atomic E-state index is 15.9. The molecule has 2 aromatic rings. The van der Waals surface area contributed by atoms with Crippen LogP contribution in [0.15, 0.2) is 42.5 Å². The highest BCUT2D eigenvalue weighted by Crippen LogP contribution is 2.79. The Hall–Kier alpha value is -3.32. The molecular weight excluding hydrogens is 740 g/mol.